The molecule has 0 saturated carbocycles. The largest absolute Gasteiger partial charge is 0.459 e. The Morgan fingerprint density at radius 1 is 1.22 bits per heavy atom. The average molecular weight is 333 g/mol. The number of rotatable bonds is 4. The highest BCUT2D eigenvalue weighted by Gasteiger charge is 2.42. The van der Waals surface area contributed by atoms with E-state index in [1.807, 2.05) is 42.5 Å². The first-order valence-corrected chi connectivity index (χ1v) is 7.78. The molecule has 0 radical (unpaired) electrons. The third-order valence-electron chi connectivity index (χ3n) is 3.91. The van der Waals surface area contributed by atoms with Crippen LogP contribution in [0.25, 0.3) is 0 Å². The number of hydrogen-bond donors (Lipinski definition) is 1. The summed E-state index contributed by atoms with van der Waals surface area (Å²) in [6, 6.07) is 16.6. The van der Waals surface area contributed by atoms with Crippen LogP contribution in [0.1, 0.15) is 17.0 Å². The van der Waals surface area contributed by atoms with Gasteiger partial charge in [0.2, 0.25) is 0 Å². The van der Waals surface area contributed by atoms with E-state index in [4.69, 9.17) is 21.1 Å². The monoisotopic (exact) mass is 332 g/mol. The van der Waals surface area contributed by atoms with Crippen LogP contribution in [0.15, 0.2) is 54.6 Å². The maximum Gasteiger partial charge on any atom is 0.338 e. The van der Waals surface area contributed by atoms with Gasteiger partial charge in [0.15, 0.2) is 6.10 Å². The Balaban J connectivity index is 1.62. The van der Waals surface area contributed by atoms with Gasteiger partial charge in [-0.15, -0.1) is 0 Å². The van der Waals surface area contributed by atoms with E-state index in [1.165, 1.54) is 0 Å². The highest BCUT2D eigenvalue weighted by Crippen LogP contribution is 2.31. The molecular formula is C18H17ClO4. The lowest BCUT2D eigenvalue weighted by Gasteiger charge is -2.17. The molecule has 23 heavy (non-hydrogen) atoms. The Kier molecular flexibility index (Phi) is 4.96. The summed E-state index contributed by atoms with van der Waals surface area (Å²) in [4.78, 5) is 12.1. The molecule has 3 atom stereocenters. The van der Waals surface area contributed by atoms with Crippen molar-refractivity contribution in [3.05, 3.63) is 70.7 Å². The number of aliphatic hydroxyl groups excluding tert-OH is 1. The molecule has 3 rings (SSSR count). The molecule has 5 heteroatoms. The van der Waals surface area contributed by atoms with Crippen molar-refractivity contribution in [3.63, 3.8) is 0 Å². The van der Waals surface area contributed by atoms with Crippen LogP contribution in [-0.4, -0.2) is 29.9 Å². The fraction of sp³-hybridized carbons (Fsp3) is 0.278. The van der Waals surface area contributed by atoms with Gasteiger partial charge in [0.25, 0.3) is 0 Å². The van der Waals surface area contributed by atoms with E-state index in [2.05, 4.69) is 0 Å². The second kappa shape index (κ2) is 7.13. The third-order valence-corrected chi connectivity index (χ3v) is 4.15. The molecule has 120 valence electrons. The normalized spacial score (nSPS) is 23.7. The average Bonchev–Trinajstić information content (AvgIpc) is 2.95. The molecule has 1 aliphatic heterocycles. The molecule has 1 N–H and O–H groups in total. The Morgan fingerprint density at radius 3 is 2.74 bits per heavy atom. The Hall–Kier alpha value is -1.88. The topological polar surface area (TPSA) is 55.8 Å². The molecular weight excluding hydrogens is 316 g/mol. The summed E-state index contributed by atoms with van der Waals surface area (Å²) in [5, 5.41) is 11.0. The van der Waals surface area contributed by atoms with Crippen LogP contribution in [-0.2, 0) is 20.9 Å². The molecule has 4 nitrogen and oxygen atoms in total. The first-order valence-electron chi connectivity index (χ1n) is 7.41. The second-order valence-corrected chi connectivity index (χ2v) is 5.94. The van der Waals surface area contributed by atoms with E-state index < -0.39 is 18.2 Å². The molecule has 2 aromatic rings. The molecule has 0 aromatic heterocycles. The van der Waals surface area contributed by atoms with Crippen LogP contribution < -0.4 is 0 Å². The minimum atomic E-state index is -0.970. The van der Waals surface area contributed by atoms with E-state index >= 15 is 0 Å². The van der Waals surface area contributed by atoms with Gasteiger partial charge >= 0.3 is 5.97 Å². The highest BCUT2D eigenvalue weighted by atomic mass is 35.5. The van der Waals surface area contributed by atoms with Crippen molar-refractivity contribution < 1.29 is 19.4 Å². The highest BCUT2D eigenvalue weighted by molar-refractivity contribution is 6.30. The standard InChI is InChI=1S/C18H17ClO4/c19-14-8-4-7-13(9-14)15-11-22-17(16(15)20)18(21)23-10-12-5-2-1-3-6-12/h1-9,15-17,20H,10-11H2/t15-,16+,17+/m0/s1. The number of aliphatic hydroxyl groups is 1. The maximum atomic E-state index is 12.1. The SMILES string of the molecule is O=C(OCc1ccccc1)[C@@H]1OC[C@@H](c2cccc(Cl)c2)[C@H]1O. The van der Waals surface area contributed by atoms with Gasteiger partial charge in [-0.1, -0.05) is 54.1 Å². The Labute approximate surface area is 139 Å². The maximum absolute atomic E-state index is 12.1. The lowest BCUT2D eigenvalue weighted by molar-refractivity contribution is -0.159. The summed E-state index contributed by atoms with van der Waals surface area (Å²) in [5.74, 6) is -0.839. The van der Waals surface area contributed by atoms with Gasteiger partial charge in [0.05, 0.1) is 6.61 Å². The van der Waals surface area contributed by atoms with Crippen LogP contribution in [0.4, 0.5) is 0 Å². The lowest BCUT2D eigenvalue weighted by Crippen LogP contribution is -2.34. The van der Waals surface area contributed by atoms with Gasteiger partial charge in [-0.3, -0.25) is 0 Å². The van der Waals surface area contributed by atoms with Crippen molar-refractivity contribution in [1.82, 2.24) is 0 Å². The Bertz CT molecular complexity index is 674. The summed E-state index contributed by atoms with van der Waals surface area (Å²) >= 11 is 5.97. The summed E-state index contributed by atoms with van der Waals surface area (Å²) in [6.07, 6.45) is -1.92. The molecule has 0 unspecified atom stereocenters. The summed E-state index contributed by atoms with van der Waals surface area (Å²) in [6.45, 7) is 0.417. The van der Waals surface area contributed by atoms with E-state index in [-0.39, 0.29) is 19.1 Å². The first kappa shape index (κ1) is 16.0. The molecule has 1 aliphatic rings. The number of esters is 1. The van der Waals surface area contributed by atoms with Crippen molar-refractivity contribution in [2.75, 3.05) is 6.61 Å². The summed E-state index contributed by atoms with van der Waals surface area (Å²) in [5.41, 5.74) is 1.74. The Morgan fingerprint density at radius 2 is 2.00 bits per heavy atom. The zero-order valence-corrected chi connectivity index (χ0v) is 13.1. The number of carbonyl (C=O) groups is 1. The van der Waals surface area contributed by atoms with Gasteiger partial charge in [-0.2, -0.15) is 0 Å². The lowest BCUT2D eigenvalue weighted by atomic mass is 9.93. The smallest absolute Gasteiger partial charge is 0.338 e. The third kappa shape index (κ3) is 3.72. The quantitative estimate of drug-likeness (QED) is 0.875. The van der Waals surface area contributed by atoms with Crippen LogP contribution in [0.2, 0.25) is 5.02 Å². The zero-order chi connectivity index (χ0) is 16.2. The van der Waals surface area contributed by atoms with Crippen molar-refractivity contribution in [2.24, 2.45) is 0 Å². The van der Waals surface area contributed by atoms with Crippen LogP contribution in [0.3, 0.4) is 0 Å². The number of hydrogen-bond acceptors (Lipinski definition) is 4. The van der Waals surface area contributed by atoms with Gasteiger partial charge in [0, 0.05) is 10.9 Å². The van der Waals surface area contributed by atoms with Crippen LogP contribution >= 0.6 is 11.6 Å². The van der Waals surface area contributed by atoms with Crippen molar-refractivity contribution in [2.45, 2.75) is 24.7 Å². The van der Waals surface area contributed by atoms with Gasteiger partial charge < -0.3 is 14.6 Å². The van der Waals surface area contributed by atoms with E-state index in [9.17, 15) is 9.90 Å². The predicted molar refractivity (Wildman–Crippen MR) is 86.2 cm³/mol. The minimum Gasteiger partial charge on any atom is -0.459 e. The van der Waals surface area contributed by atoms with Gasteiger partial charge in [0.1, 0.15) is 12.7 Å². The molecule has 1 saturated heterocycles. The van der Waals surface area contributed by atoms with Crippen LogP contribution in [0.5, 0.6) is 0 Å². The van der Waals surface area contributed by atoms with Crippen molar-refractivity contribution >= 4 is 17.6 Å². The molecule has 0 spiro atoms. The second-order valence-electron chi connectivity index (χ2n) is 5.50. The first-order chi connectivity index (χ1) is 11.1. The van der Waals surface area contributed by atoms with Crippen LogP contribution in [0, 0.1) is 0 Å². The fourth-order valence-electron chi connectivity index (χ4n) is 2.66. The number of ether oxygens (including phenoxy) is 2. The van der Waals surface area contributed by atoms with E-state index in [0.29, 0.717) is 5.02 Å². The molecule has 0 bridgehead atoms. The minimum absolute atomic E-state index is 0.161. The molecule has 0 aliphatic carbocycles. The number of benzene rings is 2. The zero-order valence-electron chi connectivity index (χ0n) is 12.4. The van der Waals surface area contributed by atoms with Crippen molar-refractivity contribution in [3.8, 4) is 0 Å². The number of halogens is 1. The summed E-state index contributed by atoms with van der Waals surface area (Å²) < 4.78 is 10.7. The van der Waals surface area contributed by atoms with E-state index in [0.717, 1.165) is 11.1 Å². The molecule has 1 fully saturated rings. The van der Waals surface area contributed by atoms with E-state index in [1.54, 1.807) is 12.1 Å². The predicted octanol–water partition coefficient (Wildman–Crippen LogP) is 2.93. The van der Waals surface area contributed by atoms with Gasteiger partial charge in [-0.25, -0.2) is 4.79 Å². The number of carbonyl (C=O) groups excluding carboxylic acids is 1. The van der Waals surface area contributed by atoms with Gasteiger partial charge in [-0.05, 0) is 23.3 Å². The molecule has 1 heterocycles. The summed E-state index contributed by atoms with van der Waals surface area (Å²) in [7, 11) is 0. The van der Waals surface area contributed by atoms with Crippen molar-refractivity contribution in [1.29, 1.82) is 0 Å². The molecule has 2 aromatic carbocycles. The molecule has 0 amide bonds. The fourth-order valence-corrected chi connectivity index (χ4v) is 2.86.